The highest BCUT2D eigenvalue weighted by molar-refractivity contribution is 8.00. The Hall–Kier alpha value is -1.75. The Morgan fingerprint density at radius 3 is 2.95 bits per heavy atom. The van der Waals surface area contributed by atoms with Crippen LogP contribution in [0.25, 0.3) is 10.9 Å². The van der Waals surface area contributed by atoms with Gasteiger partial charge in [-0.1, -0.05) is 0 Å². The highest BCUT2D eigenvalue weighted by Crippen LogP contribution is 2.29. The van der Waals surface area contributed by atoms with Crippen molar-refractivity contribution in [1.82, 2.24) is 4.98 Å². The Bertz CT molecular complexity index is 614. The van der Waals surface area contributed by atoms with Crippen LogP contribution in [0.1, 0.15) is 12.6 Å². The molecule has 0 unspecified atom stereocenters. The number of esters is 1. The zero-order chi connectivity index (χ0) is 13.8. The Morgan fingerprint density at radius 1 is 1.42 bits per heavy atom. The maximum absolute atomic E-state index is 11.4. The summed E-state index contributed by atoms with van der Waals surface area (Å²) in [6.45, 7) is 4.14. The molecule has 5 heteroatoms. The average molecular weight is 276 g/mol. The number of pyridine rings is 1. The van der Waals surface area contributed by atoms with Crippen LogP contribution in [0.3, 0.4) is 0 Å². The first-order valence-corrected chi connectivity index (χ1v) is 7.04. The second-order valence-corrected chi connectivity index (χ2v) is 5.15. The van der Waals surface area contributed by atoms with Crippen LogP contribution in [0.5, 0.6) is 0 Å². The minimum Gasteiger partial charge on any atom is -0.465 e. The van der Waals surface area contributed by atoms with Crippen LogP contribution in [-0.4, -0.2) is 23.3 Å². The predicted octanol–water partition coefficient (Wildman–Crippen LogP) is 2.78. The highest BCUT2D eigenvalue weighted by atomic mass is 32.2. The van der Waals surface area contributed by atoms with E-state index in [1.54, 1.807) is 6.92 Å². The normalized spacial score (nSPS) is 10.6. The molecule has 1 aromatic carbocycles. The molecule has 100 valence electrons. The van der Waals surface area contributed by atoms with E-state index in [1.165, 1.54) is 11.8 Å². The molecule has 0 bridgehead atoms. The Kier molecular flexibility index (Phi) is 4.27. The predicted molar refractivity (Wildman–Crippen MR) is 78.2 cm³/mol. The molecule has 0 radical (unpaired) electrons. The van der Waals surface area contributed by atoms with Gasteiger partial charge in [-0.25, -0.2) is 0 Å². The summed E-state index contributed by atoms with van der Waals surface area (Å²) in [4.78, 5) is 16.9. The number of carbonyl (C=O) groups excluding carboxylic acids is 1. The van der Waals surface area contributed by atoms with E-state index < -0.39 is 0 Å². The number of hydrogen-bond acceptors (Lipinski definition) is 5. The molecular formula is C14H16N2O2S. The molecule has 2 rings (SSSR count). The number of nitrogens with two attached hydrogens (primary N) is 1. The fraction of sp³-hybridized carbons (Fsp3) is 0.286. The second kappa shape index (κ2) is 5.93. The van der Waals surface area contributed by atoms with E-state index in [0.717, 1.165) is 21.5 Å². The zero-order valence-electron chi connectivity index (χ0n) is 11.0. The van der Waals surface area contributed by atoms with E-state index in [4.69, 9.17) is 10.5 Å². The molecule has 0 saturated heterocycles. The summed E-state index contributed by atoms with van der Waals surface area (Å²) in [5, 5.41) is 0.972. The van der Waals surface area contributed by atoms with Crippen molar-refractivity contribution in [3.05, 3.63) is 30.0 Å². The van der Waals surface area contributed by atoms with Crippen molar-refractivity contribution in [1.29, 1.82) is 0 Å². The minimum absolute atomic E-state index is 0.209. The van der Waals surface area contributed by atoms with Gasteiger partial charge < -0.3 is 10.5 Å². The first kappa shape index (κ1) is 13.7. The van der Waals surface area contributed by atoms with Crippen LogP contribution in [0, 0.1) is 6.92 Å². The third-order valence-corrected chi connectivity index (χ3v) is 3.60. The number of benzene rings is 1. The molecule has 0 aliphatic carbocycles. The molecule has 19 heavy (non-hydrogen) atoms. The molecule has 0 atom stereocenters. The number of nitrogens with zero attached hydrogens (tertiary/aromatic N) is 1. The van der Waals surface area contributed by atoms with Crippen molar-refractivity contribution in [3.63, 3.8) is 0 Å². The van der Waals surface area contributed by atoms with Gasteiger partial charge >= 0.3 is 5.97 Å². The molecule has 0 amide bonds. The number of aromatic nitrogens is 1. The molecule has 2 N–H and O–H groups in total. The standard InChI is InChI=1S/C14H16N2O2S/c1-3-18-14(17)8-19-13-6-9(2)16-12-5-4-10(15)7-11(12)13/h4-7H,3,8,15H2,1-2H3. The first-order valence-electron chi connectivity index (χ1n) is 6.05. The van der Waals surface area contributed by atoms with Gasteiger partial charge in [-0.2, -0.15) is 0 Å². The van der Waals surface area contributed by atoms with E-state index in [-0.39, 0.29) is 5.97 Å². The molecule has 0 spiro atoms. The number of ether oxygens (including phenoxy) is 1. The molecule has 0 aliphatic heterocycles. The van der Waals surface area contributed by atoms with Crippen molar-refractivity contribution in [3.8, 4) is 0 Å². The number of thioether (sulfide) groups is 1. The lowest BCUT2D eigenvalue weighted by Crippen LogP contribution is -2.06. The van der Waals surface area contributed by atoms with Gasteiger partial charge in [-0.15, -0.1) is 11.8 Å². The topological polar surface area (TPSA) is 65.2 Å². The fourth-order valence-electron chi connectivity index (χ4n) is 1.80. The summed E-state index contributed by atoms with van der Waals surface area (Å²) in [6.07, 6.45) is 0. The molecule has 1 aromatic heterocycles. The Labute approximate surface area is 116 Å². The van der Waals surface area contributed by atoms with Gasteiger partial charge in [0.1, 0.15) is 0 Å². The van der Waals surface area contributed by atoms with Gasteiger partial charge in [0.15, 0.2) is 0 Å². The van der Waals surface area contributed by atoms with E-state index >= 15 is 0 Å². The van der Waals surface area contributed by atoms with E-state index in [9.17, 15) is 4.79 Å². The second-order valence-electron chi connectivity index (χ2n) is 4.13. The lowest BCUT2D eigenvalue weighted by atomic mass is 10.2. The highest BCUT2D eigenvalue weighted by Gasteiger charge is 2.08. The van der Waals surface area contributed by atoms with E-state index in [0.29, 0.717) is 18.0 Å². The van der Waals surface area contributed by atoms with Gasteiger partial charge in [-0.05, 0) is 38.1 Å². The third-order valence-electron chi connectivity index (χ3n) is 2.57. The number of anilines is 1. The molecular weight excluding hydrogens is 260 g/mol. The number of carbonyl (C=O) groups is 1. The summed E-state index contributed by atoms with van der Waals surface area (Å²) in [5.74, 6) is 0.0836. The Balaban J connectivity index is 2.30. The molecule has 4 nitrogen and oxygen atoms in total. The number of rotatable bonds is 4. The number of fused-ring (bicyclic) bond motifs is 1. The number of hydrogen-bond donors (Lipinski definition) is 1. The molecule has 0 saturated carbocycles. The van der Waals surface area contributed by atoms with Crippen LogP contribution < -0.4 is 5.73 Å². The largest absolute Gasteiger partial charge is 0.465 e. The van der Waals surface area contributed by atoms with E-state index in [2.05, 4.69) is 4.98 Å². The summed E-state index contributed by atoms with van der Waals surface area (Å²) in [5.41, 5.74) is 8.31. The SMILES string of the molecule is CCOC(=O)CSc1cc(C)nc2ccc(N)cc12. The average Bonchev–Trinajstić information content (AvgIpc) is 2.37. The quantitative estimate of drug-likeness (QED) is 0.528. The molecule has 1 heterocycles. The number of aryl methyl sites for hydroxylation is 1. The van der Waals surface area contributed by atoms with Crippen LogP contribution >= 0.6 is 11.8 Å². The van der Waals surface area contributed by atoms with E-state index in [1.807, 2.05) is 31.2 Å². The van der Waals surface area contributed by atoms with Gasteiger partial charge in [0.05, 0.1) is 17.9 Å². The van der Waals surface area contributed by atoms with Gasteiger partial charge in [0, 0.05) is 21.7 Å². The minimum atomic E-state index is -0.209. The lowest BCUT2D eigenvalue weighted by molar-refractivity contribution is -0.139. The summed E-state index contributed by atoms with van der Waals surface area (Å²) in [7, 11) is 0. The first-order chi connectivity index (χ1) is 9.10. The molecule has 0 aliphatic rings. The zero-order valence-corrected chi connectivity index (χ0v) is 11.8. The van der Waals surface area contributed by atoms with Crippen molar-refractivity contribution in [2.75, 3.05) is 18.1 Å². The van der Waals surface area contributed by atoms with Gasteiger partial charge in [0.25, 0.3) is 0 Å². The smallest absolute Gasteiger partial charge is 0.316 e. The van der Waals surface area contributed by atoms with Crippen molar-refractivity contribution in [2.45, 2.75) is 18.7 Å². The number of nitrogen functional groups attached to an aromatic ring is 1. The van der Waals surface area contributed by atoms with Crippen LogP contribution in [-0.2, 0) is 9.53 Å². The summed E-state index contributed by atoms with van der Waals surface area (Å²) < 4.78 is 4.93. The van der Waals surface area contributed by atoms with Crippen LogP contribution in [0.15, 0.2) is 29.2 Å². The van der Waals surface area contributed by atoms with Crippen molar-refractivity contribution < 1.29 is 9.53 Å². The monoisotopic (exact) mass is 276 g/mol. The molecule has 2 aromatic rings. The maximum atomic E-state index is 11.4. The van der Waals surface area contributed by atoms with Crippen molar-refractivity contribution in [2.24, 2.45) is 0 Å². The Morgan fingerprint density at radius 2 is 2.21 bits per heavy atom. The van der Waals surface area contributed by atoms with Gasteiger partial charge in [0.2, 0.25) is 0 Å². The summed E-state index contributed by atoms with van der Waals surface area (Å²) in [6, 6.07) is 7.57. The van der Waals surface area contributed by atoms with Gasteiger partial charge in [-0.3, -0.25) is 9.78 Å². The summed E-state index contributed by atoms with van der Waals surface area (Å²) >= 11 is 1.45. The lowest BCUT2D eigenvalue weighted by Gasteiger charge is -2.08. The van der Waals surface area contributed by atoms with Crippen molar-refractivity contribution >= 4 is 34.3 Å². The fourth-order valence-corrected chi connectivity index (χ4v) is 2.73. The third kappa shape index (κ3) is 3.38. The molecule has 0 fully saturated rings. The van der Waals surface area contributed by atoms with Crippen LogP contribution in [0.4, 0.5) is 5.69 Å². The maximum Gasteiger partial charge on any atom is 0.316 e. The van der Waals surface area contributed by atoms with Crippen LogP contribution in [0.2, 0.25) is 0 Å².